The third-order valence-electron chi connectivity index (χ3n) is 3.45. The Morgan fingerprint density at radius 3 is 2.44 bits per heavy atom. The molecule has 0 unspecified atom stereocenters. The van der Waals surface area contributed by atoms with Crippen LogP contribution in [-0.4, -0.2) is 26.8 Å². The van der Waals surface area contributed by atoms with E-state index in [1.54, 1.807) is 12.1 Å². The lowest BCUT2D eigenvalue weighted by atomic mass is 10.2. The number of nitrogens with one attached hydrogen (secondary N) is 2. The second-order valence-electron chi connectivity index (χ2n) is 5.47. The topological polar surface area (TPSA) is 110 Å². The third kappa shape index (κ3) is 4.51. The molecule has 0 saturated carbocycles. The van der Waals surface area contributed by atoms with Gasteiger partial charge in [-0.25, -0.2) is 4.79 Å². The average Bonchev–Trinajstić information content (AvgIpc) is 3.02. The van der Waals surface area contributed by atoms with E-state index < -0.39 is 29.9 Å². The minimum Gasteiger partial charge on any atom is -0.322 e. The zero-order chi connectivity index (χ0) is 19.6. The molecule has 3 rings (SSSR count). The molecule has 0 aliphatic heterocycles. The van der Waals surface area contributed by atoms with Gasteiger partial charge in [-0.05, 0) is 30.3 Å². The largest absolute Gasteiger partial charge is 0.439 e. The van der Waals surface area contributed by atoms with E-state index in [0.717, 1.165) is 18.3 Å². The fourth-order valence-electron chi connectivity index (χ4n) is 2.25. The van der Waals surface area contributed by atoms with Crippen LogP contribution in [0.5, 0.6) is 0 Å². The van der Waals surface area contributed by atoms with E-state index in [0.29, 0.717) is 15.8 Å². The SMILES string of the molecule is O=C(Nc1ccc(-c2noc(=O)[nH]2)cc1)c1ccc(=O)n(CC(F)(F)F)c1. The van der Waals surface area contributed by atoms with Gasteiger partial charge in [-0.1, -0.05) is 5.16 Å². The van der Waals surface area contributed by atoms with Crippen LogP contribution >= 0.6 is 0 Å². The van der Waals surface area contributed by atoms with Gasteiger partial charge in [0.25, 0.3) is 11.5 Å². The summed E-state index contributed by atoms with van der Waals surface area (Å²) in [4.78, 5) is 37.0. The first-order chi connectivity index (χ1) is 12.7. The number of alkyl halides is 3. The molecule has 27 heavy (non-hydrogen) atoms. The van der Waals surface area contributed by atoms with Crippen molar-refractivity contribution in [3.05, 3.63) is 69.1 Å². The molecular formula is C16H11F3N4O4. The van der Waals surface area contributed by atoms with Crippen molar-refractivity contribution >= 4 is 11.6 Å². The molecule has 2 heterocycles. The van der Waals surface area contributed by atoms with Gasteiger partial charge < -0.3 is 9.88 Å². The average molecular weight is 380 g/mol. The van der Waals surface area contributed by atoms with Crippen LogP contribution < -0.4 is 16.6 Å². The minimum absolute atomic E-state index is 0.108. The zero-order valence-corrected chi connectivity index (χ0v) is 13.4. The molecule has 2 N–H and O–H groups in total. The Labute approximate surface area is 148 Å². The van der Waals surface area contributed by atoms with Gasteiger partial charge in [-0.15, -0.1) is 0 Å². The molecule has 1 aromatic carbocycles. The van der Waals surface area contributed by atoms with Gasteiger partial charge in [0.2, 0.25) is 0 Å². The van der Waals surface area contributed by atoms with Gasteiger partial charge in [0, 0.05) is 23.5 Å². The van der Waals surface area contributed by atoms with Gasteiger partial charge in [0.1, 0.15) is 6.54 Å². The normalized spacial score (nSPS) is 11.4. The van der Waals surface area contributed by atoms with Crippen molar-refractivity contribution < 1.29 is 22.5 Å². The number of H-pyrrole nitrogens is 1. The Balaban J connectivity index is 1.76. The molecule has 0 radical (unpaired) electrons. The maximum absolute atomic E-state index is 12.5. The van der Waals surface area contributed by atoms with Gasteiger partial charge in [0.05, 0.1) is 5.56 Å². The Kier molecular flexibility index (Phi) is 4.67. The van der Waals surface area contributed by atoms with Crippen LogP contribution in [0.1, 0.15) is 10.4 Å². The Morgan fingerprint density at radius 2 is 1.85 bits per heavy atom. The summed E-state index contributed by atoms with van der Waals surface area (Å²) in [6.07, 6.45) is -3.74. The number of anilines is 1. The summed E-state index contributed by atoms with van der Waals surface area (Å²) in [5.74, 6) is -1.19. The van der Waals surface area contributed by atoms with Crippen molar-refractivity contribution in [2.24, 2.45) is 0 Å². The number of halogens is 3. The molecule has 0 fully saturated rings. The Bertz CT molecular complexity index is 1080. The summed E-state index contributed by atoms with van der Waals surface area (Å²) in [6, 6.07) is 8.14. The van der Waals surface area contributed by atoms with Gasteiger partial charge in [-0.3, -0.25) is 19.1 Å². The number of hydrogen-bond acceptors (Lipinski definition) is 5. The maximum Gasteiger partial charge on any atom is 0.439 e. The van der Waals surface area contributed by atoms with Crippen molar-refractivity contribution in [3.8, 4) is 11.4 Å². The summed E-state index contributed by atoms with van der Waals surface area (Å²) in [6.45, 7) is -1.49. The van der Waals surface area contributed by atoms with E-state index in [1.165, 1.54) is 12.1 Å². The quantitative estimate of drug-likeness (QED) is 0.720. The van der Waals surface area contributed by atoms with E-state index in [1.807, 2.05) is 0 Å². The van der Waals surface area contributed by atoms with Crippen molar-refractivity contribution in [3.63, 3.8) is 0 Å². The number of nitrogens with zero attached hydrogens (tertiary/aromatic N) is 2. The molecule has 0 spiro atoms. The molecule has 0 aliphatic rings. The summed E-state index contributed by atoms with van der Waals surface area (Å²) >= 11 is 0. The van der Waals surface area contributed by atoms with Gasteiger partial charge in [-0.2, -0.15) is 13.2 Å². The first kappa shape index (κ1) is 18.2. The van der Waals surface area contributed by atoms with Crippen LogP contribution in [0.15, 0.2) is 56.7 Å². The third-order valence-corrected chi connectivity index (χ3v) is 3.45. The lowest BCUT2D eigenvalue weighted by molar-refractivity contribution is -0.141. The number of rotatable bonds is 4. The maximum atomic E-state index is 12.5. The van der Waals surface area contributed by atoms with Crippen LogP contribution in [0.2, 0.25) is 0 Å². The molecule has 0 saturated heterocycles. The van der Waals surface area contributed by atoms with Gasteiger partial charge >= 0.3 is 11.9 Å². The molecule has 140 valence electrons. The van der Waals surface area contributed by atoms with E-state index in [4.69, 9.17) is 0 Å². The number of aromatic nitrogens is 3. The first-order valence-electron chi connectivity index (χ1n) is 7.46. The van der Waals surface area contributed by atoms with Crippen LogP contribution in [0.4, 0.5) is 18.9 Å². The number of amides is 1. The lowest BCUT2D eigenvalue weighted by Crippen LogP contribution is -2.28. The van der Waals surface area contributed by atoms with E-state index in [9.17, 15) is 27.6 Å². The predicted molar refractivity (Wildman–Crippen MR) is 87.3 cm³/mol. The number of carbonyl (C=O) groups is 1. The molecule has 8 nitrogen and oxygen atoms in total. The molecule has 3 aromatic rings. The fraction of sp³-hybridized carbons (Fsp3) is 0.125. The second kappa shape index (κ2) is 6.94. The highest BCUT2D eigenvalue weighted by atomic mass is 19.4. The highest BCUT2D eigenvalue weighted by Crippen LogP contribution is 2.18. The molecule has 11 heteroatoms. The first-order valence-corrected chi connectivity index (χ1v) is 7.46. The van der Waals surface area contributed by atoms with Crippen LogP contribution in [0.3, 0.4) is 0 Å². The number of hydrogen-bond donors (Lipinski definition) is 2. The monoisotopic (exact) mass is 380 g/mol. The van der Waals surface area contributed by atoms with Crippen molar-refractivity contribution in [1.82, 2.24) is 14.7 Å². The van der Waals surface area contributed by atoms with E-state index >= 15 is 0 Å². The summed E-state index contributed by atoms with van der Waals surface area (Å²) in [5.41, 5.74) is -0.0978. The van der Waals surface area contributed by atoms with Gasteiger partial charge in [0.15, 0.2) is 5.82 Å². The highest BCUT2D eigenvalue weighted by Gasteiger charge is 2.28. The second-order valence-corrected chi connectivity index (χ2v) is 5.47. The Hall–Kier alpha value is -3.63. The highest BCUT2D eigenvalue weighted by molar-refractivity contribution is 6.04. The standard InChI is InChI=1S/C16H11F3N4O4/c17-16(18,19)8-23-7-10(3-6-12(23)24)14(25)20-11-4-1-9(2-5-11)13-21-15(26)27-22-13/h1-7H,8H2,(H,20,25)(H,21,22,26). The summed E-state index contributed by atoms with van der Waals surface area (Å²) in [7, 11) is 0. The van der Waals surface area contributed by atoms with Crippen molar-refractivity contribution in [1.29, 1.82) is 0 Å². The predicted octanol–water partition coefficient (Wildman–Crippen LogP) is 2.01. The summed E-state index contributed by atoms with van der Waals surface area (Å²) < 4.78 is 42.3. The molecular weight excluding hydrogens is 369 g/mol. The van der Waals surface area contributed by atoms with Crippen LogP contribution in [0.25, 0.3) is 11.4 Å². The zero-order valence-electron chi connectivity index (χ0n) is 13.4. The van der Waals surface area contributed by atoms with E-state index in [2.05, 4.69) is 20.0 Å². The fourth-order valence-corrected chi connectivity index (χ4v) is 2.25. The molecule has 2 aromatic heterocycles. The van der Waals surface area contributed by atoms with E-state index in [-0.39, 0.29) is 11.4 Å². The van der Waals surface area contributed by atoms with Crippen LogP contribution in [-0.2, 0) is 6.54 Å². The van der Waals surface area contributed by atoms with Crippen molar-refractivity contribution in [2.75, 3.05) is 5.32 Å². The lowest BCUT2D eigenvalue weighted by Gasteiger charge is -2.11. The number of carbonyl (C=O) groups excluding carboxylic acids is 1. The summed E-state index contributed by atoms with van der Waals surface area (Å²) in [5, 5.41) is 6.02. The minimum atomic E-state index is -4.59. The molecule has 1 amide bonds. The molecule has 0 atom stereocenters. The smallest absolute Gasteiger partial charge is 0.322 e. The van der Waals surface area contributed by atoms with Crippen molar-refractivity contribution in [2.45, 2.75) is 12.7 Å². The number of benzene rings is 1. The number of pyridine rings is 1. The number of aromatic amines is 1. The Morgan fingerprint density at radius 1 is 1.15 bits per heavy atom. The molecule has 0 bridgehead atoms. The van der Waals surface area contributed by atoms with Crippen LogP contribution in [0, 0.1) is 0 Å². The molecule has 0 aliphatic carbocycles.